The zero-order valence-electron chi connectivity index (χ0n) is 9.45. The van der Waals surface area contributed by atoms with E-state index in [4.69, 9.17) is 22.6 Å². The molecule has 0 bridgehead atoms. The van der Waals surface area contributed by atoms with Crippen molar-refractivity contribution in [3.05, 3.63) is 52.6 Å². The van der Waals surface area contributed by atoms with Crippen LogP contribution < -0.4 is 5.73 Å². The summed E-state index contributed by atoms with van der Waals surface area (Å²) in [6.45, 7) is 0. The molecule has 0 atom stereocenters. The van der Waals surface area contributed by atoms with Gasteiger partial charge in [0.15, 0.2) is 0 Å². The van der Waals surface area contributed by atoms with E-state index in [2.05, 4.69) is 0 Å². The highest BCUT2D eigenvalue weighted by molar-refractivity contribution is 7.99. The van der Waals surface area contributed by atoms with E-state index in [1.165, 1.54) is 18.2 Å². The number of anilines is 1. The van der Waals surface area contributed by atoms with E-state index in [9.17, 15) is 8.78 Å². The molecule has 96 valence electrons. The molecule has 6 heteroatoms. The molecule has 2 nitrogen and oxygen atoms in total. The van der Waals surface area contributed by atoms with Gasteiger partial charge in [-0.15, -0.1) is 0 Å². The molecule has 0 aromatic heterocycles. The van der Waals surface area contributed by atoms with Crippen molar-refractivity contribution in [3.8, 4) is 6.07 Å². The quantitative estimate of drug-likeness (QED) is 0.844. The molecule has 0 heterocycles. The SMILES string of the molecule is N#Cc1cc(Sc2ccc(F)cc2F)c(N)cc1Cl. The molecule has 0 fully saturated rings. The van der Waals surface area contributed by atoms with Crippen molar-refractivity contribution >= 4 is 29.1 Å². The standard InChI is InChI=1S/C13H7ClF2N2S/c14-9-5-11(18)13(3-7(9)6-17)19-12-2-1-8(15)4-10(12)16/h1-5H,18H2. The predicted octanol–water partition coefficient (Wildman–Crippen LogP) is 4.22. The van der Waals surface area contributed by atoms with Crippen LogP contribution in [-0.4, -0.2) is 0 Å². The van der Waals surface area contributed by atoms with Crippen LogP contribution in [0, 0.1) is 23.0 Å². The first-order valence-corrected chi connectivity index (χ1v) is 6.32. The van der Waals surface area contributed by atoms with Crippen molar-refractivity contribution in [1.29, 1.82) is 5.26 Å². The van der Waals surface area contributed by atoms with Gasteiger partial charge < -0.3 is 5.73 Å². The van der Waals surface area contributed by atoms with Crippen molar-refractivity contribution in [1.82, 2.24) is 0 Å². The summed E-state index contributed by atoms with van der Waals surface area (Å²) in [4.78, 5) is 0.714. The second kappa shape index (κ2) is 5.47. The maximum absolute atomic E-state index is 13.5. The fourth-order valence-electron chi connectivity index (χ4n) is 1.42. The Morgan fingerprint density at radius 2 is 1.89 bits per heavy atom. The van der Waals surface area contributed by atoms with Gasteiger partial charge in [-0.05, 0) is 24.3 Å². The van der Waals surface area contributed by atoms with Gasteiger partial charge in [-0.1, -0.05) is 23.4 Å². The Morgan fingerprint density at radius 3 is 2.53 bits per heavy atom. The lowest BCUT2D eigenvalue weighted by molar-refractivity contribution is 0.566. The van der Waals surface area contributed by atoms with E-state index >= 15 is 0 Å². The van der Waals surface area contributed by atoms with Crippen LogP contribution in [0.15, 0.2) is 40.1 Å². The Hall–Kier alpha value is -1.77. The van der Waals surface area contributed by atoms with Gasteiger partial charge in [0.25, 0.3) is 0 Å². The molecule has 2 N–H and O–H groups in total. The highest BCUT2D eigenvalue weighted by Crippen LogP contribution is 2.36. The van der Waals surface area contributed by atoms with Crippen LogP contribution >= 0.6 is 23.4 Å². The summed E-state index contributed by atoms with van der Waals surface area (Å²) in [7, 11) is 0. The average Bonchev–Trinajstić information content (AvgIpc) is 2.35. The number of hydrogen-bond acceptors (Lipinski definition) is 3. The van der Waals surface area contributed by atoms with Crippen molar-refractivity contribution in [3.63, 3.8) is 0 Å². The monoisotopic (exact) mass is 296 g/mol. The van der Waals surface area contributed by atoms with E-state index in [0.29, 0.717) is 10.6 Å². The first-order valence-electron chi connectivity index (χ1n) is 5.13. The van der Waals surface area contributed by atoms with E-state index in [0.717, 1.165) is 23.9 Å². The van der Waals surface area contributed by atoms with Gasteiger partial charge in [-0.2, -0.15) is 5.26 Å². The molecule has 0 aliphatic carbocycles. The lowest BCUT2D eigenvalue weighted by atomic mass is 10.2. The average molecular weight is 297 g/mol. The smallest absolute Gasteiger partial charge is 0.140 e. The molecule has 0 saturated heterocycles. The Balaban J connectivity index is 2.41. The lowest BCUT2D eigenvalue weighted by Crippen LogP contribution is -1.92. The van der Waals surface area contributed by atoms with E-state index in [-0.39, 0.29) is 15.5 Å². The number of benzene rings is 2. The summed E-state index contributed by atoms with van der Waals surface area (Å²) >= 11 is 6.83. The van der Waals surface area contributed by atoms with Crippen LogP contribution in [0.2, 0.25) is 5.02 Å². The predicted molar refractivity (Wildman–Crippen MR) is 71.1 cm³/mol. The first kappa shape index (κ1) is 13.7. The molecule has 0 aliphatic heterocycles. The zero-order valence-corrected chi connectivity index (χ0v) is 11.0. The van der Waals surface area contributed by atoms with Crippen molar-refractivity contribution in [2.45, 2.75) is 9.79 Å². The molecule has 0 amide bonds. The number of rotatable bonds is 2. The summed E-state index contributed by atoms with van der Waals surface area (Å²) in [6.07, 6.45) is 0. The summed E-state index contributed by atoms with van der Waals surface area (Å²) in [5.74, 6) is -1.33. The van der Waals surface area contributed by atoms with Crippen LogP contribution in [-0.2, 0) is 0 Å². The zero-order chi connectivity index (χ0) is 14.0. The Morgan fingerprint density at radius 1 is 1.16 bits per heavy atom. The molecule has 2 aromatic rings. The third kappa shape index (κ3) is 2.98. The fourth-order valence-corrected chi connectivity index (χ4v) is 2.52. The van der Waals surface area contributed by atoms with Crippen molar-refractivity contribution < 1.29 is 8.78 Å². The van der Waals surface area contributed by atoms with Crippen molar-refractivity contribution in [2.75, 3.05) is 5.73 Å². The minimum Gasteiger partial charge on any atom is -0.398 e. The second-order valence-electron chi connectivity index (χ2n) is 3.66. The number of nitriles is 1. The van der Waals surface area contributed by atoms with Gasteiger partial charge in [-0.25, -0.2) is 8.78 Å². The van der Waals surface area contributed by atoms with Crippen LogP contribution in [0.3, 0.4) is 0 Å². The third-order valence-electron chi connectivity index (χ3n) is 2.33. The molecular formula is C13H7ClF2N2S. The van der Waals surface area contributed by atoms with Crippen molar-refractivity contribution in [2.24, 2.45) is 0 Å². The molecule has 0 saturated carbocycles. The number of nitrogen functional groups attached to an aromatic ring is 1. The lowest BCUT2D eigenvalue weighted by Gasteiger charge is -2.08. The summed E-state index contributed by atoms with van der Waals surface area (Å²) in [5, 5.41) is 9.12. The molecule has 0 spiro atoms. The van der Waals surface area contributed by atoms with Gasteiger partial charge in [0.1, 0.15) is 17.7 Å². The van der Waals surface area contributed by atoms with Crippen LogP contribution in [0.25, 0.3) is 0 Å². The molecule has 2 rings (SSSR count). The largest absolute Gasteiger partial charge is 0.398 e. The van der Waals surface area contributed by atoms with E-state index in [1.54, 1.807) is 0 Å². The minimum absolute atomic E-state index is 0.222. The summed E-state index contributed by atoms with van der Waals surface area (Å²) < 4.78 is 26.3. The molecule has 0 radical (unpaired) electrons. The highest BCUT2D eigenvalue weighted by Gasteiger charge is 2.11. The van der Waals surface area contributed by atoms with Crippen LogP contribution in [0.5, 0.6) is 0 Å². The molecular weight excluding hydrogens is 290 g/mol. The maximum Gasteiger partial charge on any atom is 0.140 e. The minimum atomic E-state index is -0.683. The Labute approximate surface area is 117 Å². The topological polar surface area (TPSA) is 49.8 Å². The number of nitrogens with two attached hydrogens (primary N) is 1. The number of hydrogen-bond donors (Lipinski definition) is 1. The number of halogens is 3. The Bertz CT molecular complexity index is 683. The third-order valence-corrected chi connectivity index (χ3v) is 3.77. The molecule has 19 heavy (non-hydrogen) atoms. The highest BCUT2D eigenvalue weighted by atomic mass is 35.5. The number of nitrogens with zero attached hydrogens (tertiary/aromatic N) is 1. The van der Waals surface area contributed by atoms with Gasteiger partial charge in [0.05, 0.1) is 10.6 Å². The summed E-state index contributed by atoms with van der Waals surface area (Å²) in [6, 6.07) is 8.09. The molecule has 0 aliphatic rings. The maximum atomic E-state index is 13.5. The first-order chi connectivity index (χ1) is 9.01. The normalized spacial score (nSPS) is 10.2. The van der Waals surface area contributed by atoms with E-state index < -0.39 is 11.6 Å². The molecule has 2 aromatic carbocycles. The van der Waals surface area contributed by atoms with E-state index in [1.807, 2.05) is 6.07 Å². The van der Waals surface area contributed by atoms with Crippen LogP contribution in [0.1, 0.15) is 5.56 Å². The van der Waals surface area contributed by atoms with Gasteiger partial charge >= 0.3 is 0 Å². The van der Waals surface area contributed by atoms with Crippen LogP contribution in [0.4, 0.5) is 14.5 Å². The van der Waals surface area contributed by atoms with Gasteiger partial charge in [0.2, 0.25) is 0 Å². The summed E-state index contributed by atoms with van der Waals surface area (Å²) in [5.41, 5.74) is 6.34. The molecule has 0 unspecified atom stereocenters. The van der Waals surface area contributed by atoms with Gasteiger partial charge in [0, 0.05) is 21.5 Å². The van der Waals surface area contributed by atoms with Gasteiger partial charge in [-0.3, -0.25) is 0 Å². The fraction of sp³-hybridized carbons (Fsp3) is 0. The Kier molecular flexibility index (Phi) is 3.93. The second-order valence-corrected chi connectivity index (χ2v) is 5.15.